The SMILES string of the molecule is O=C(NCC1(O)CCOC1)c1ccn[nH]1. The zero-order valence-electron chi connectivity index (χ0n) is 8.19. The van der Waals surface area contributed by atoms with Gasteiger partial charge in [0.1, 0.15) is 11.3 Å². The van der Waals surface area contributed by atoms with E-state index in [1.807, 2.05) is 0 Å². The molecule has 0 aliphatic carbocycles. The quantitative estimate of drug-likeness (QED) is 0.616. The van der Waals surface area contributed by atoms with Crippen molar-refractivity contribution in [2.75, 3.05) is 19.8 Å². The third kappa shape index (κ3) is 2.34. The molecule has 1 atom stereocenters. The second-order valence-corrected chi connectivity index (χ2v) is 3.68. The van der Waals surface area contributed by atoms with E-state index in [0.29, 0.717) is 18.7 Å². The van der Waals surface area contributed by atoms with E-state index in [0.717, 1.165) is 0 Å². The summed E-state index contributed by atoms with van der Waals surface area (Å²) < 4.78 is 5.06. The van der Waals surface area contributed by atoms with Gasteiger partial charge in [0.25, 0.3) is 5.91 Å². The number of carbonyl (C=O) groups is 1. The second-order valence-electron chi connectivity index (χ2n) is 3.68. The first-order chi connectivity index (χ1) is 7.20. The lowest BCUT2D eigenvalue weighted by atomic mass is 10.0. The van der Waals surface area contributed by atoms with Crippen LogP contribution < -0.4 is 5.32 Å². The number of hydrogen-bond acceptors (Lipinski definition) is 4. The number of rotatable bonds is 3. The molecule has 0 bridgehead atoms. The van der Waals surface area contributed by atoms with Crippen LogP contribution in [0.4, 0.5) is 0 Å². The summed E-state index contributed by atoms with van der Waals surface area (Å²) in [6.07, 6.45) is 2.05. The van der Waals surface area contributed by atoms with Gasteiger partial charge < -0.3 is 15.2 Å². The number of aromatic amines is 1. The highest BCUT2D eigenvalue weighted by Gasteiger charge is 2.32. The van der Waals surface area contributed by atoms with Gasteiger partial charge in [-0.05, 0) is 6.07 Å². The largest absolute Gasteiger partial charge is 0.386 e. The highest BCUT2D eigenvalue weighted by Crippen LogP contribution is 2.16. The van der Waals surface area contributed by atoms with Gasteiger partial charge in [0.05, 0.1) is 6.61 Å². The summed E-state index contributed by atoms with van der Waals surface area (Å²) >= 11 is 0. The lowest BCUT2D eigenvalue weighted by Gasteiger charge is -2.20. The molecule has 2 heterocycles. The van der Waals surface area contributed by atoms with Gasteiger partial charge in [-0.3, -0.25) is 9.89 Å². The summed E-state index contributed by atoms with van der Waals surface area (Å²) in [5.41, 5.74) is -0.534. The van der Waals surface area contributed by atoms with Crippen LogP contribution in [-0.2, 0) is 4.74 Å². The van der Waals surface area contributed by atoms with Crippen LogP contribution in [0.25, 0.3) is 0 Å². The number of aromatic nitrogens is 2. The Hall–Kier alpha value is -1.40. The second kappa shape index (κ2) is 4.00. The van der Waals surface area contributed by atoms with Crippen LogP contribution in [-0.4, -0.2) is 46.6 Å². The molecule has 0 aromatic carbocycles. The third-order valence-electron chi connectivity index (χ3n) is 2.41. The van der Waals surface area contributed by atoms with E-state index in [1.54, 1.807) is 6.07 Å². The fraction of sp³-hybridized carbons (Fsp3) is 0.556. The molecule has 0 radical (unpaired) electrons. The minimum atomic E-state index is -0.921. The number of amides is 1. The smallest absolute Gasteiger partial charge is 0.269 e. The molecular weight excluding hydrogens is 198 g/mol. The molecule has 1 aliphatic heterocycles. The molecule has 6 nitrogen and oxygen atoms in total. The number of ether oxygens (including phenoxy) is 1. The van der Waals surface area contributed by atoms with Gasteiger partial charge in [-0.1, -0.05) is 0 Å². The Kier molecular flexibility index (Phi) is 2.70. The number of hydrogen-bond donors (Lipinski definition) is 3. The Morgan fingerprint density at radius 3 is 3.27 bits per heavy atom. The summed E-state index contributed by atoms with van der Waals surface area (Å²) in [6.45, 7) is 1.01. The molecule has 6 heteroatoms. The van der Waals surface area contributed by atoms with Crippen LogP contribution in [0.1, 0.15) is 16.9 Å². The Bertz CT molecular complexity index is 330. The maximum Gasteiger partial charge on any atom is 0.269 e. The predicted octanol–water partition coefficient (Wildman–Crippen LogP) is -0.709. The van der Waals surface area contributed by atoms with Crippen molar-refractivity contribution in [3.8, 4) is 0 Å². The van der Waals surface area contributed by atoms with Crippen molar-refractivity contribution in [3.63, 3.8) is 0 Å². The average Bonchev–Trinajstić information content (AvgIpc) is 2.85. The maximum atomic E-state index is 11.5. The minimum absolute atomic E-state index is 0.199. The van der Waals surface area contributed by atoms with Gasteiger partial charge in [0.15, 0.2) is 0 Å². The fourth-order valence-electron chi connectivity index (χ4n) is 1.46. The van der Waals surface area contributed by atoms with E-state index in [2.05, 4.69) is 15.5 Å². The summed E-state index contributed by atoms with van der Waals surface area (Å²) in [6, 6.07) is 1.57. The molecule has 82 valence electrons. The molecule has 1 aromatic heterocycles. The monoisotopic (exact) mass is 211 g/mol. The van der Waals surface area contributed by atoms with Gasteiger partial charge >= 0.3 is 0 Å². The van der Waals surface area contributed by atoms with E-state index in [9.17, 15) is 9.90 Å². The van der Waals surface area contributed by atoms with Gasteiger partial charge in [-0.15, -0.1) is 0 Å². The highest BCUT2D eigenvalue weighted by molar-refractivity contribution is 5.92. The summed E-state index contributed by atoms with van der Waals surface area (Å²) in [4.78, 5) is 11.5. The molecule has 1 saturated heterocycles. The molecule has 3 N–H and O–H groups in total. The number of nitrogens with one attached hydrogen (secondary N) is 2. The fourth-order valence-corrected chi connectivity index (χ4v) is 1.46. The normalized spacial score (nSPS) is 25.4. The van der Waals surface area contributed by atoms with Crippen molar-refractivity contribution in [1.29, 1.82) is 0 Å². The molecular formula is C9H13N3O3. The van der Waals surface area contributed by atoms with Crippen molar-refractivity contribution < 1.29 is 14.6 Å². The topological polar surface area (TPSA) is 87.2 Å². The van der Waals surface area contributed by atoms with Crippen LogP contribution in [0.2, 0.25) is 0 Å². The molecule has 2 rings (SSSR count). The van der Waals surface area contributed by atoms with Crippen molar-refractivity contribution in [1.82, 2.24) is 15.5 Å². The van der Waals surface area contributed by atoms with Crippen LogP contribution in [0.3, 0.4) is 0 Å². The van der Waals surface area contributed by atoms with E-state index >= 15 is 0 Å². The minimum Gasteiger partial charge on any atom is -0.386 e. The number of aliphatic hydroxyl groups is 1. The Labute approximate surface area is 86.6 Å². The lowest BCUT2D eigenvalue weighted by molar-refractivity contribution is 0.0264. The summed E-state index contributed by atoms with van der Waals surface area (Å²) in [5.74, 6) is -0.271. The molecule has 0 spiro atoms. The van der Waals surface area contributed by atoms with Crippen molar-refractivity contribution >= 4 is 5.91 Å². The van der Waals surface area contributed by atoms with E-state index in [4.69, 9.17) is 4.74 Å². The molecule has 1 aliphatic rings. The number of nitrogens with zero attached hydrogens (tertiary/aromatic N) is 1. The van der Waals surface area contributed by atoms with E-state index in [1.165, 1.54) is 6.20 Å². The Morgan fingerprint density at radius 2 is 2.67 bits per heavy atom. The van der Waals surface area contributed by atoms with E-state index in [-0.39, 0.29) is 19.1 Å². The summed E-state index contributed by atoms with van der Waals surface area (Å²) in [7, 11) is 0. The zero-order chi connectivity index (χ0) is 10.7. The number of carbonyl (C=O) groups excluding carboxylic acids is 1. The first-order valence-electron chi connectivity index (χ1n) is 4.77. The molecule has 0 saturated carbocycles. The van der Waals surface area contributed by atoms with Crippen LogP contribution in [0.5, 0.6) is 0 Å². The van der Waals surface area contributed by atoms with E-state index < -0.39 is 5.60 Å². The van der Waals surface area contributed by atoms with Gasteiger partial charge in [0.2, 0.25) is 0 Å². The lowest BCUT2D eigenvalue weighted by Crippen LogP contribution is -2.43. The first kappa shape index (κ1) is 10.1. The van der Waals surface area contributed by atoms with Gasteiger partial charge in [-0.2, -0.15) is 5.10 Å². The average molecular weight is 211 g/mol. The van der Waals surface area contributed by atoms with Gasteiger partial charge in [0, 0.05) is 25.8 Å². The zero-order valence-corrected chi connectivity index (χ0v) is 8.19. The van der Waals surface area contributed by atoms with Crippen molar-refractivity contribution in [3.05, 3.63) is 18.0 Å². The van der Waals surface area contributed by atoms with Crippen LogP contribution >= 0.6 is 0 Å². The third-order valence-corrected chi connectivity index (χ3v) is 2.41. The van der Waals surface area contributed by atoms with Gasteiger partial charge in [-0.25, -0.2) is 0 Å². The molecule has 1 unspecified atom stereocenters. The van der Waals surface area contributed by atoms with Crippen molar-refractivity contribution in [2.24, 2.45) is 0 Å². The predicted molar refractivity (Wildman–Crippen MR) is 51.3 cm³/mol. The molecule has 15 heavy (non-hydrogen) atoms. The molecule has 1 fully saturated rings. The summed E-state index contributed by atoms with van der Waals surface area (Å²) in [5, 5.41) is 18.7. The van der Waals surface area contributed by atoms with Crippen molar-refractivity contribution in [2.45, 2.75) is 12.0 Å². The molecule has 1 amide bonds. The highest BCUT2D eigenvalue weighted by atomic mass is 16.5. The number of H-pyrrole nitrogens is 1. The van der Waals surface area contributed by atoms with Crippen LogP contribution in [0, 0.1) is 0 Å². The Balaban J connectivity index is 1.85. The maximum absolute atomic E-state index is 11.5. The standard InChI is InChI=1S/C9H13N3O3/c13-8(7-1-3-11-12-7)10-5-9(14)2-4-15-6-9/h1,3,14H,2,4-6H2,(H,10,13)(H,11,12). The molecule has 1 aromatic rings. The Morgan fingerprint density at radius 1 is 1.80 bits per heavy atom. The first-order valence-corrected chi connectivity index (χ1v) is 4.77. The van der Waals surface area contributed by atoms with Crippen LogP contribution in [0.15, 0.2) is 12.3 Å².